The summed E-state index contributed by atoms with van der Waals surface area (Å²) < 4.78 is 0. The number of carboxylic acids is 1. The number of nitrogens with two attached hydrogens (primary N) is 3. The van der Waals surface area contributed by atoms with Crippen molar-refractivity contribution in [1.29, 1.82) is 0 Å². The molecule has 1 saturated heterocycles. The van der Waals surface area contributed by atoms with Gasteiger partial charge in [-0.1, -0.05) is 80.6 Å². The van der Waals surface area contributed by atoms with Gasteiger partial charge in [0.2, 0.25) is 53.2 Å². The first kappa shape index (κ1) is 59.6. The van der Waals surface area contributed by atoms with E-state index in [0.717, 1.165) is 27.4 Å². The molecule has 1 fully saturated rings. The van der Waals surface area contributed by atoms with E-state index in [1.165, 1.54) is 11.8 Å². The predicted molar refractivity (Wildman–Crippen MR) is 289 cm³/mol. The summed E-state index contributed by atoms with van der Waals surface area (Å²) in [6.07, 6.45) is 0.704. The van der Waals surface area contributed by atoms with Gasteiger partial charge < -0.3 is 74.2 Å². The van der Waals surface area contributed by atoms with Crippen LogP contribution in [-0.4, -0.2) is 145 Å². The van der Waals surface area contributed by atoms with Crippen molar-refractivity contribution in [2.45, 2.75) is 133 Å². The van der Waals surface area contributed by atoms with E-state index in [4.69, 9.17) is 22.3 Å². The molecule has 0 bridgehead atoms. The lowest BCUT2D eigenvalue weighted by Crippen LogP contribution is -2.62. The van der Waals surface area contributed by atoms with Crippen molar-refractivity contribution in [3.05, 3.63) is 108 Å². The van der Waals surface area contributed by atoms with Gasteiger partial charge in [-0.05, 0) is 67.3 Å². The topological polar surface area (TPSA) is 396 Å². The summed E-state index contributed by atoms with van der Waals surface area (Å²) in [5.74, 6) is -9.33. The maximum Gasteiger partial charge on any atom is 0.303 e. The van der Waals surface area contributed by atoms with Crippen LogP contribution in [0.3, 0.4) is 0 Å². The van der Waals surface area contributed by atoms with Gasteiger partial charge in [0.05, 0.1) is 18.6 Å². The number of primary amides is 2. The van der Waals surface area contributed by atoms with Crippen LogP contribution in [0.4, 0.5) is 0 Å². The van der Waals surface area contributed by atoms with E-state index in [-0.39, 0.29) is 51.0 Å². The number of rotatable bonds is 28. The number of H-pyrrole nitrogens is 2. The number of aromatic nitrogens is 2. The number of hydrogen-bond donors (Lipinski definition) is 13. The van der Waals surface area contributed by atoms with E-state index in [2.05, 4.69) is 41.9 Å². The molecule has 2 aromatic heterocycles. The Labute approximate surface area is 455 Å². The van der Waals surface area contributed by atoms with Crippen molar-refractivity contribution in [3.63, 3.8) is 0 Å². The minimum atomic E-state index is -1.70. The summed E-state index contributed by atoms with van der Waals surface area (Å²) in [7, 11) is 0. The number of benzene rings is 3. The molecule has 3 aromatic carbocycles. The molecule has 79 heavy (non-hydrogen) atoms. The van der Waals surface area contributed by atoms with Gasteiger partial charge in [-0.15, -0.1) is 0 Å². The van der Waals surface area contributed by atoms with Crippen LogP contribution >= 0.6 is 0 Å². The van der Waals surface area contributed by atoms with Gasteiger partial charge in [-0.3, -0.25) is 47.9 Å². The van der Waals surface area contributed by atoms with Crippen molar-refractivity contribution < 1.29 is 58.2 Å². The highest BCUT2D eigenvalue weighted by molar-refractivity contribution is 5.99. The van der Waals surface area contributed by atoms with Crippen LogP contribution in [0.25, 0.3) is 21.8 Å². The van der Waals surface area contributed by atoms with Crippen molar-refractivity contribution >= 4 is 80.9 Å². The lowest BCUT2D eigenvalue weighted by molar-refractivity contribution is -0.144. The number of fused-ring (bicyclic) bond motifs is 2. The zero-order chi connectivity index (χ0) is 57.5. The monoisotopic (exact) mass is 1090 g/mol. The number of carbonyl (C=O) groups is 10. The SMILES string of the molecule is CC(C)C[C@H](NC(=O)[C@@H](N)CCC(=O)O)C(=O)N[C@@H](CC(N)=O)C(=O)N[C@@H](Cc1ccccc1)C(=O)N[C@H](C(=O)N1CCC[C@H]1C(=O)N[C@@H](Cc1c[nH]c2ccccc12)C(=O)N[C@@H](Cc1c[nH]c2ccccc12)C(N)=O)[C@@H](C)O. The minimum Gasteiger partial charge on any atom is -0.481 e. The van der Waals surface area contributed by atoms with E-state index >= 15 is 0 Å². The smallest absolute Gasteiger partial charge is 0.303 e. The molecule has 0 unspecified atom stereocenters. The lowest BCUT2D eigenvalue weighted by Gasteiger charge is -2.32. The molecule has 422 valence electrons. The molecule has 1 aliphatic rings. The van der Waals surface area contributed by atoms with Crippen LogP contribution in [0.2, 0.25) is 0 Å². The average molecular weight is 1090 g/mol. The molecular formula is C55H70N12O12. The van der Waals surface area contributed by atoms with E-state index in [1.807, 2.05) is 48.5 Å². The van der Waals surface area contributed by atoms with E-state index in [1.54, 1.807) is 56.6 Å². The van der Waals surface area contributed by atoms with Crippen LogP contribution in [-0.2, 0) is 67.2 Å². The number of nitrogens with one attached hydrogen (secondary N) is 8. The Morgan fingerprint density at radius 1 is 0.633 bits per heavy atom. The summed E-state index contributed by atoms with van der Waals surface area (Å²) in [5.41, 5.74) is 20.8. The fraction of sp³-hybridized carbons (Fsp3) is 0.418. The largest absolute Gasteiger partial charge is 0.481 e. The van der Waals surface area contributed by atoms with Crippen LogP contribution in [0.15, 0.2) is 91.3 Å². The maximum atomic E-state index is 14.6. The predicted octanol–water partition coefficient (Wildman–Crippen LogP) is -0.443. The number of amides is 9. The Hall–Kier alpha value is -8.64. The summed E-state index contributed by atoms with van der Waals surface area (Å²) in [6, 6.07) is 11.9. The highest BCUT2D eigenvalue weighted by atomic mass is 16.4. The summed E-state index contributed by atoms with van der Waals surface area (Å²) in [6.45, 7) is 4.76. The molecule has 0 spiro atoms. The van der Waals surface area contributed by atoms with Crippen LogP contribution in [0.5, 0.6) is 0 Å². The third kappa shape index (κ3) is 16.4. The molecular weight excluding hydrogens is 1020 g/mol. The number of hydrogen-bond acceptors (Lipinski definition) is 12. The Bertz CT molecular complexity index is 3010. The summed E-state index contributed by atoms with van der Waals surface area (Å²) in [5, 5.41) is 37.3. The zero-order valence-electron chi connectivity index (χ0n) is 44.2. The molecule has 0 radical (unpaired) electrons. The van der Waals surface area contributed by atoms with Gasteiger partial charge in [0.25, 0.3) is 0 Å². The number of aromatic amines is 2. The van der Waals surface area contributed by atoms with E-state index in [0.29, 0.717) is 17.5 Å². The number of aliphatic carboxylic acids is 1. The van der Waals surface area contributed by atoms with Gasteiger partial charge in [-0.25, -0.2) is 0 Å². The molecule has 6 rings (SSSR count). The fourth-order valence-corrected chi connectivity index (χ4v) is 9.54. The second-order valence-electron chi connectivity index (χ2n) is 20.3. The third-order valence-electron chi connectivity index (χ3n) is 13.7. The van der Waals surface area contributed by atoms with Gasteiger partial charge in [0, 0.05) is 66.4 Å². The minimum absolute atomic E-state index is 0.00883. The van der Waals surface area contributed by atoms with Crippen molar-refractivity contribution in [2.24, 2.45) is 23.1 Å². The number of aliphatic hydroxyl groups excluding tert-OH is 1. The first-order chi connectivity index (χ1) is 37.6. The van der Waals surface area contributed by atoms with Gasteiger partial charge in [-0.2, -0.15) is 0 Å². The lowest BCUT2D eigenvalue weighted by atomic mass is 10.0. The zero-order valence-corrected chi connectivity index (χ0v) is 44.2. The molecule has 0 aliphatic carbocycles. The molecule has 24 heteroatoms. The molecule has 1 aliphatic heterocycles. The first-order valence-corrected chi connectivity index (χ1v) is 26.1. The number of likely N-dealkylation sites (tertiary alicyclic amines) is 1. The van der Waals surface area contributed by atoms with E-state index in [9.17, 15) is 53.1 Å². The Morgan fingerprint density at radius 2 is 1.14 bits per heavy atom. The number of carboxylic acid groups (broad SMARTS) is 1. The summed E-state index contributed by atoms with van der Waals surface area (Å²) >= 11 is 0. The quantitative estimate of drug-likeness (QED) is 0.0303. The number of aliphatic hydroxyl groups is 1. The molecule has 9 atom stereocenters. The second kappa shape index (κ2) is 27.6. The third-order valence-corrected chi connectivity index (χ3v) is 13.7. The normalized spacial score (nSPS) is 16.3. The highest BCUT2D eigenvalue weighted by Gasteiger charge is 2.42. The van der Waals surface area contributed by atoms with Crippen molar-refractivity contribution in [3.8, 4) is 0 Å². The Balaban J connectivity index is 1.20. The molecule has 9 amide bonds. The van der Waals surface area contributed by atoms with Crippen LogP contribution < -0.4 is 49.1 Å². The van der Waals surface area contributed by atoms with Crippen molar-refractivity contribution in [1.82, 2.24) is 46.8 Å². The molecule has 3 heterocycles. The Morgan fingerprint density at radius 3 is 1.71 bits per heavy atom. The number of nitrogens with zero attached hydrogens (tertiary/aromatic N) is 1. The number of para-hydroxylation sites is 2. The van der Waals surface area contributed by atoms with Gasteiger partial charge in [0.1, 0.15) is 42.3 Å². The number of carbonyl (C=O) groups excluding carboxylic acids is 9. The maximum absolute atomic E-state index is 14.6. The van der Waals surface area contributed by atoms with Crippen LogP contribution in [0, 0.1) is 5.92 Å². The van der Waals surface area contributed by atoms with Crippen LogP contribution in [0.1, 0.15) is 76.0 Å². The van der Waals surface area contributed by atoms with Gasteiger partial charge >= 0.3 is 5.97 Å². The first-order valence-electron chi connectivity index (χ1n) is 26.1. The second-order valence-corrected chi connectivity index (χ2v) is 20.3. The van der Waals surface area contributed by atoms with Crippen molar-refractivity contribution in [2.75, 3.05) is 6.54 Å². The average Bonchev–Trinajstić information content (AvgIpc) is 4.21. The fourth-order valence-electron chi connectivity index (χ4n) is 9.54. The molecule has 16 N–H and O–H groups in total. The highest BCUT2D eigenvalue weighted by Crippen LogP contribution is 2.24. The van der Waals surface area contributed by atoms with E-state index < -0.39 is 126 Å². The molecule has 24 nitrogen and oxygen atoms in total. The standard InChI is InChI=1S/C55H70N12O12/c1-29(2)22-40(62-49(73)36(56)19-20-46(70)71)50(74)64-43(26-45(57)69)52(76)63-41(23-31-12-5-4-6-13-31)53(77)66-47(30(3)68)55(79)67-21-11-18-44(67)54(78)65-42(25-33-28-60-38-17-10-8-15-35(33)38)51(75)61-39(48(58)72)24-32-27-59-37-16-9-7-14-34(32)37/h4-10,12-17,27-30,36,39-44,47,59-60,68H,11,18-26,56H2,1-3H3,(H2,57,69)(H2,58,72)(H,61,75)(H,62,73)(H,63,76)(H,64,74)(H,65,78)(H,66,77)(H,70,71)/t30-,36+,39+,40+,41+,42+,43+,44+,47+/m1/s1. The summed E-state index contributed by atoms with van der Waals surface area (Å²) in [4.78, 5) is 143. The molecule has 0 saturated carbocycles. The Kier molecular flexibility index (Phi) is 20.8. The van der Waals surface area contributed by atoms with Gasteiger partial charge in [0.15, 0.2) is 0 Å². The molecule has 5 aromatic rings.